The summed E-state index contributed by atoms with van der Waals surface area (Å²) < 4.78 is 42.7. The largest absolute Gasteiger partial charge is 0.433 e. The van der Waals surface area contributed by atoms with Gasteiger partial charge >= 0.3 is 6.18 Å². The van der Waals surface area contributed by atoms with Gasteiger partial charge in [-0.2, -0.15) is 18.3 Å². The molecule has 0 bridgehead atoms. The highest BCUT2D eigenvalue weighted by Crippen LogP contribution is 2.64. The van der Waals surface area contributed by atoms with Crippen molar-refractivity contribution in [1.29, 1.82) is 0 Å². The van der Waals surface area contributed by atoms with E-state index in [0.29, 0.717) is 42.4 Å². The van der Waals surface area contributed by atoms with Gasteiger partial charge in [-0.05, 0) is 80.3 Å². The van der Waals surface area contributed by atoms with Crippen LogP contribution in [0, 0.1) is 25.2 Å². The molecule has 2 aliphatic rings. The molecule has 56 heavy (non-hydrogen) atoms. The van der Waals surface area contributed by atoms with Crippen molar-refractivity contribution >= 4 is 40.2 Å². The van der Waals surface area contributed by atoms with E-state index in [1.807, 2.05) is 19.1 Å². The summed E-state index contributed by atoms with van der Waals surface area (Å²) in [6.07, 6.45) is 4.25. The third-order valence-corrected chi connectivity index (χ3v) is 11.1. The molecule has 4 atom stereocenters. The lowest BCUT2D eigenvalue weighted by molar-refractivity contribution is -0.141. The molecule has 0 radical (unpaired) electrons. The number of aryl methyl sites for hydroxylation is 2. The molecule has 3 aromatic heterocycles. The van der Waals surface area contributed by atoms with E-state index in [0.717, 1.165) is 16.7 Å². The number of hydrogen-bond donors (Lipinski definition) is 1. The number of unbranched alkanes of at least 4 members (excludes halogenated alkanes) is 1. The first kappa shape index (κ1) is 39.9. The van der Waals surface area contributed by atoms with Crippen LogP contribution in [0.2, 0.25) is 0 Å². The molecule has 6 rings (SSSR count). The molecule has 3 amide bonds. The van der Waals surface area contributed by atoms with Crippen molar-refractivity contribution in [2.75, 3.05) is 18.9 Å². The monoisotopic (exact) mass is 770 g/mol. The van der Waals surface area contributed by atoms with Crippen molar-refractivity contribution in [3.05, 3.63) is 90.3 Å². The Labute approximate surface area is 322 Å². The van der Waals surface area contributed by atoms with Crippen LogP contribution in [0.15, 0.2) is 62.0 Å². The lowest BCUT2D eigenvalue weighted by Crippen LogP contribution is -2.47. The molecule has 4 heterocycles. The molecule has 4 aromatic rings. The fourth-order valence-corrected chi connectivity index (χ4v) is 8.22. The zero-order chi connectivity index (χ0) is 40.7. The van der Waals surface area contributed by atoms with E-state index < -0.39 is 41.2 Å². The number of amides is 3. The van der Waals surface area contributed by atoms with Gasteiger partial charge in [0.1, 0.15) is 35.6 Å². The predicted molar refractivity (Wildman–Crippen MR) is 204 cm³/mol. The zero-order valence-electron chi connectivity index (χ0n) is 32.1. The number of nitrogens with zero attached hydrogens (tertiary/aromatic N) is 7. The lowest BCUT2D eigenvalue weighted by atomic mass is 9.95. The van der Waals surface area contributed by atoms with Gasteiger partial charge in [0.05, 0.1) is 5.52 Å². The molecule has 12 nitrogen and oxygen atoms in total. The molecule has 0 unspecified atom stereocenters. The molecule has 1 N–H and O–H groups in total. The molecule has 1 saturated heterocycles. The number of carbonyl (C=O) groups is 4. The van der Waals surface area contributed by atoms with Gasteiger partial charge in [-0.25, -0.2) is 15.0 Å². The van der Waals surface area contributed by atoms with E-state index in [-0.39, 0.29) is 54.2 Å². The Hall–Kier alpha value is -5.73. The van der Waals surface area contributed by atoms with Crippen LogP contribution < -0.4 is 5.32 Å². The van der Waals surface area contributed by atoms with E-state index >= 15 is 0 Å². The standard InChI is InChI=1S/C41H45F3N8O4/c1-8-10-11-13-33(54)50(7)22-40-18-31(39(56)48-32-15-14-23(3)37(47-32)41(42,43)44)52(38(40)24(40)4)34(55)21-51-36-27(12-9-2)16-28(29-19-45-26(6)46-20-29)17-30(36)35(49-51)25(5)53/h8-9,14-17,19-20,24,31,38H,1-2,10-13,18,21-22H2,3-7H3,(H,47,48,56)/t24-,31-,38+,40+/m0/s1. The average Bonchev–Trinajstić information content (AvgIpc) is 3.40. The Balaban J connectivity index is 1.37. The van der Waals surface area contributed by atoms with Crippen LogP contribution in [0.5, 0.6) is 0 Å². The second kappa shape index (κ2) is 15.4. The molecule has 15 heteroatoms. The molecule has 1 saturated carbocycles. The second-order valence-electron chi connectivity index (χ2n) is 14.9. The number of aromatic nitrogens is 5. The number of benzene rings is 1. The lowest BCUT2D eigenvalue weighted by Gasteiger charge is -2.28. The number of hydrogen-bond acceptors (Lipinski definition) is 8. The zero-order valence-corrected chi connectivity index (χ0v) is 32.1. The van der Waals surface area contributed by atoms with E-state index in [1.165, 1.54) is 35.6 Å². The number of piperidine rings is 1. The number of nitrogens with one attached hydrogen (secondary N) is 1. The highest BCUT2D eigenvalue weighted by Gasteiger charge is 2.73. The van der Waals surface area contributed by atoms with Gasteiger partial charge in [-0.1, -0.05) is 25.1 Å². The summed E-state index contributed by atoms with van der Waals surface area (Å²) in [5.74, 6) is -1.39. The molecule has 1 aliphatic heterocycles. The smallest absolute Gasteiger partial charge is 0.345 e. The normalized spacial score (nSPS) is 20.1. The molecular formula is C41H45F3N8O4. The number of alkyl halides is 3. The fraction of sp³-hybridized carbons (Fsp3) is 0.415. The van der Waals surface area contributed by atoms with Crippen LogP contribution >= 0.6 is 0 Å². The summed E-state index contributed by atoms with van der Waals surface area (Å²) in [6.45, 7) is 14.0. The summed E-state index contributed by atoms with van der Waals surface area (Å²) in [4.78, 5) is 70.2. The Morgan fingerprint density at radius 1 is 1.07 bits per heavy atom. The summed E-state index contributed by atoms with van der Waals surface area (Å²) in [6, 6.07) is 4.68. The maximum atomic E-state index is 14.7. The molecule has 1 aromatic carbocycles. The minimum absolute atomic E-state index is 0.0838. The minimum atomic E-state index is -4.74. The number of likely N-dealkylation sites (tertiary alicyclic amines) is 1. The van der Waals surface area contributed by atoms with Crippen molar-refractivity contribution in [2.24, 2.45) is 11.3 Å². The number of fused-ring (bicyclic) bond motifs is 2. The Morgan fingerprint density at radius 2 is 1.79 bits per heavy atom. The first-order chi connectivity index (χ1) is 26.5. The van der Waals surface area contributed by atoms with E-state index in [9.17, 15) is 32.3 Å². The number of halogens is 3. The van der Waals surface area contributed by atoms with Gasteiger partial charge in [0.25, 0.3) is 0 Å². The first-order valence-electron chi connectivity index (χ1n) is 18.5. The number of allylic oxidation sites excluding steroid dienone is 2. The van der Waals surface area contributed by atoms with Crippen molar-refractivity contribution in [2.45, 2.75) is 84.6 Å². The van der Waals surface area contributed by atoms with Crippen molar-refractivity contribution in [1.82, 2.24) is 34.5 Å². The molecule has 294 valence electrons. The van der Waals surface area contributed by atoms with Crippen LogP contribution in [-0.2, 0) is 33.5 Å². The molecule has 1 aliphatic carbocycles. The summed E-state index contributed by atoms with van der Waals surface area (Å²) in [5, 5.41) is 7.68. The SMILES string of the molecule is C=CCCCC(=O)N(C)C[C@@]12C[C@@H](C(=O)Nc3ccc(C)c(C(F)(F)F)n3)N(C(=O)Cn3nc(C(C)=O)c4cc(-c5cnc(C)nc5)cc(CC=C)c43)[C@@H]1[C@@H]2C. The highest BCUT2D eigenvalue weighted by molar-refractivity contribution is 6.07. The van der Waals surface area contributed by atoms with Crippen LogP contribution in [-0.4, -0.2) is 83.7 Å². The molecule has 0 spiro atoms. The van der Waals surface area contributed by atoms with Crippen molar-refractivity contribution < 1.29 is 32.3 Å². The number of pyridine rings is 1. The summed E-state index contributed by atoms with van der Waals surface area (Å²) in [5.41, 5.74) is 1.04. The number of rotatable bonds is 14. The van der Waals surface area contributed by atoms with Crippen LogP contribution in [0.4, 0.5) is 19.0 Å². The predicted octanol–water partition coefficient (Wildman–Crippen LogP) is 6.51. The first-order valence-corrected chi connectivity index (χ1v) is 18.5. The Kier molecular flexibility index (Phi) is 11.0. The van der Waals surface area contributed by atoms with Gasteiger partial charge in [-0.15, -0.1) is 13.2 Å². The van der Waals surface area contributed by atoms with Gasteiger partial charge < -0.3 is 15.1 Å². The topological polar surface area (TPSA) is 143 Å². The highest BCUT2D eigenvalue weighted by atomic mass is 19.4. The van der Waals surface area contributed by atoms with Gasteiger partial charge in [-0.3, -0.25) is 23.9 Å². The molecule has 2 fully saturated rings. The quantitative estimate of drug-likeness (QED) is 0.0869. The van der Waals surface area contributed by atoms with Gasteiger partial charge in [0, 0.05) is 61.7 Å². The molecular weight excluding hydrogens is 725 g/mol. The number of anilines is 1. The third-order valence-electron chi connectivity index (χ3n) is 11.1. The third kappa shape index (κ3) is 7.58. The fourth-order valence-electron chi connectivity index (χ4n) is 8.22. The number of ketones is 1. The maximum Gasteiger partial charge on any atom is 0.433 e. The van der Waals surface area contributed by atoms with Crippen molar-refractivity contribution in [3.63, 3.8) is 0 Å². The summed E-state index contributed by atoms with van der Waals surface area (Å²) in [7, 11) is 1.69. The number of Topliss-reactive ketones (excluding diaryl/α,β-unsaturated/α-hetero) is 1. The van der Waals surface area contributed by atoms with E-state index in [4.69, 9.17) is 0 Å². The van der Waals surface area contributed by atoms with Crippen LogP contribution in [0.3, 0.4) is 0 Å². The minimum Gasteiger partial charge on any atom is -0.345 e. The van der Waals surface area contributed by atoms with Crippen molar-refractivity contribution in [3.8, 4) is 11.1 Å². The summed E-state index contributed by atoms with van der Waals surface area (Å²) >= 11 is 0. The van der Waals surface area contributed by atoms with E-state index in [1.54, 1.807) is 43.4 Å². The maximum absolute atomic E-state index is 14.7. The average molecular weight is 771 g/mol. The second-order valence-corrected chi connectivity index (χ2v) is 14.9. The van der Waals surface area contributed by atoms with E-state index in [2.05, 4.69) is 38.5 Å². The van der Waals surface area contributed by atoms with Crippen LogP contribution in [0.1, 0.15) is 72.7 Å². The Morgan fingerprint density at radius 3 is 2.43 bits per heavy atom. The van der Waals surface area contributed by atoms with Gasteiger partial charge in [0.2, 0.25) is 17.7 Å². The number of carbonyl (C=O) groups excluding carboxylic acids is 4. The Bertz CT molecular complexity index is 2230. The van der Waals surface area contributed by atoms with Crippen LogP contribution in [0.25, 0.3) is 22.0 Å². The van der Waals surface area contributed by atoms with Gasteiger partial charge in [0.15, 0.2) is 5.78 Å².